The molecule has 1 aliphatic heterocycles. The number of hydrogen-bond donors (Lipinski definition) is 1. The maximum absolute atomic E-state index is 11.4. The molecule has 1 aromatic carbocycles. The van der Waals surface area contributed by atoms with Crippen LogP contribution in [0.1, 0.15) is 25.0 Å². The Bertz CT molecular complexity index is 412. The van der Waals surface area contributed by atoms with Crippen LogP contribution in [-0.4, -0.2) is 18.5 Å². The number of fused-ring (bicyclic) bond motifs is 1. The molecule has 0 aliphatic carbocycles. The number of anilines is 1. The van der Waals surface area contributed by atoms with Crippen LogP contribution < -0.4 is 10.6 Å². The molecule has 3 heteroatoms. The summed E-state index contributed by atoms with van der Waals surface area (Å²) in [6.45, 7) is 4.44. The summed E-state index contributed by atoms with van der Waals surface area (Å²) >= 11 is 0. The molecule has 1 amide bonds. The predicted octanol–water partition coefficient (Wildman–Crippen LogP) is 1.49. The van der Waals surface area contributed by atoms with Gasteiger partial charge >= 0.3 is 0 Å². The Morgan fingerprint density at radius 2 is 2.31 bits per heavy atom. The van der Waals surface area contributed by atoms with Gasteiger partial charge in [-0.25, -0.2) is 0 Å². The summed E-state index contributed by atoms with van der Waals surface area (Å²) in [6, 6.07) is 6.48. The number of benzene rings is 1. The molecule has 1 aliphatic rings. The van der Waals surface area contributed by atoms with E-state index in [-0.39, 0.29) is 11.9 Å². The second-order valence-corrected chi connectivity index (χ2v) is 4.57. The highest BCUT2D eigenvalue weighted by atomic mass is 16.2. The van der Waals surface area contributed by atoms with Gasteiger partial charge in [-0.3, -0.25) is 4.79 Å². The molecule has 0 saturated heterocycles. The Kier molecular flexibility index (Phi) is 2.97. The van der Waals surface area contributed by atoms with E-state index in [1.54, 1.807) is 6.92 Å². The van der Waals surface area contributed by atoms with Crippen LogP contribution in [0.25, 0.3) is 0 Å². The van der Waals surface area contributed by atoms with Crippen molar-refractivity contribution < 1.29 is 4.79 Å². The Balaban J connectivity index is 2.25. The lowest BCUT2D eigenvalue weighted by molar-refractivity contribution is -0.116. The number of carbonyl (C=O) groups is 1. The standard InChI is InChI=1S/C13H18N2O/c1-9(14)7-11-3-4-13-12(8-11)5-6-15(13)10(2)16/h3-4,8-9H,5-7,14H2,1-2H3. The van der Waals surface area contributed by atoms with Crippen LogP contribution in [0.15, 0.2) is 18.2 Å². The van der Waals surface area contributed by atoms with Gasteiger partial charge in [0.1, 0.15) is 0 Å². The highest BCUT2D eigenvalue weighted by molar-refractivity contribution is 5.93. The highest BCUT2D eigenvalue weighted by Gasteiger charge is 2.21. The van der Waals surface area contributed by atoms with Crippen LogP contribution >= 0.6 is 0 Å². The molecule has 0 saturated carbocycles. The predicted molar refractivity (Wildman–Crippen MR) is 65.5 cm³/mol. The molecular weight excluding hydrogens is 200 g/mol. The minimum absolute atomic E-state index is 0.124. The first-order valence-electron chi connectivity index (χ1n) is 5.73. The molecule has 3 nitrogen and oxygen atoms in total. The quantitative estimate of drug-likeness (QED) is 0.817. The van der Waals surface area contributed by atoms with E-state index in [2.05, 4.69) is 12.1 Å². The van der Waals surface area contributed by atoms with Gasteiger partial charge in [0.25, 0.3) is 0 Å². The molecule has 0 radical (unpaired) electrons. The van der Waals surface area contributed by atoms with E-state index < -0.39 is 0 Å². The molecule has 2 rings (SSSR count). The highest BCUT2D eigenvalue weighted by Crippen LogP contribution is 2.29. The van der Waals surface area contributed by atoms with E-state index in [1.165, 1.54) is 11.1 Å². The third-order valence-electron chi connectivity index (χ3n) is 2.98. The molecule has 16 heavy (non-hydrogen) atoms. The molecule has 0 bridgehead atoms. The smallest absolute Gasteiger partial charge is 0.223 e. The van der Waals surface area contributed by atoms with E-state index >= 15 is 0 Å². The van der Waals surface area contributed by atoms with Crippen molar-refractivity contribution in [2.45, 2.75) is 32.7 Å². The van der Waals surface area contributed by atoms with Gasteiger partial charge in [-0.1, -0.05) is 12.1 Å². The fraction of sp³-hybridized carbons (Fsp3) is 0.462. The fourth-order valence-electron chi connectivity index (χ4n) is 2.28. The van der Waals surface area contributed by atoms with Crippen LogP contribution in [-0.2, 0) is 17.6 Å². The summed E-state index contributed by atoms with van der Waals surface area (Å²) in [5.41, 5.74) is 9.39. The zero-order valence-corrected chi connectivity index (χ0v) is 9.86. The van der Waals surface area contributed by atoms with Crippen molar-refractivity contribution in [2.75, 3.05) is 11.4 Å². The van der Waals surface area contributed by atoms with Crippen molar-refractivity contribution in [3.05, 3.63) is 29.3 Å². The molecule has 0 aromatic heterocycles. The molecule has 1 atom stereocenters. The Labute approximate surface area is 96.2 Å². The average Bonchev–Trinajstić information content (AvgIpc) is 2.59. The average molecular weight is 218 g/mol. The first-order valence-corrected chi connectivity index (χ1v) is 5.73. The van der Waals surface area contributed by atoms with Gasteiger partial charge in [-0.2, -0.15) is 0 Å². The molecular formula is C13H18N2O. The summed E-state index contributed by atoms with van der Waals surface area (Å²) < 4.78 is 0. The van der Waals surface area contributed by atoms with Gasteiger partial charge in [-0.15, -0.1) is 0 Å². The number of nitrogens with zero attached hydrogens (tertiary/aromatic N) is 1. The van der Waals surface area contributed by atoms with Crippen molar-refractivity contribution >= 4 is 11.6 Å². The number of hydrogen-bond acceptors (Lipinski definition) is 2. The minimum Gasteiger partial charge on any atom is -0.328 e. The summed E-state index contributed by atoms with van der Waals surface area (Å²) in [4.78, 5) is 13.2. The maximum atomic E-state index is 11.4. The van der Waals surface area contributed by atoms with Crippen molar-refractivity contribution in [2.24, 2.45) is 5.73 Å². The van der Waals surface area contributed by atoms with Gasteiger partial charge in [0.15, 0.2) is 0 Å². The lowest BCUT2D eigenvalue weighted by atomic mass is 10.0. The van der Waals surface area contributed by atoms with Crippen LogP contribution in [0.5, 0.6) is 0 Å². The third kappa shape index (κ3) is 2.09. The first-order chi connectivity index (χ1) is 7.58. The summed E-state index contributed by atoms with van der Waals surface area (Å²) in [5, 5.41) is 0. The van der Waals surface area contributed by atoms with E-state index in [1.807, 2.05) is 17.9 Å². The molecule has 86 valence electrons. The summed E-state index contributed by atoms with van der Waals surface area (Å²) in [6.07, 6.45) is 1.86. The zero-order chi connectivity index (χ0) is 11.7. The molecule has 1 unspecified atom stereocenters. The Morgan fingerprint density at radius 3 is 2.94 bits per heavy atom. The largest absolute Gasteiger partial charge is 0.328 e. The third-order valence-corrected chi connectivity index (χ3v) is 2.98. The molecule has 2 N–H and O–H groups in total. The Hall–Kier alpha value is -1.35. The summed E-state index contributed by atoms with van der Waals surface area (Å²) in [5.74, 6) is 0.124. The Morgan fingerprint density at radius 1 is 1.56 bits per heavy atom. The van der Waals surface area contributed by atoms with Crippen molar-refractivity contribution in [3.63, 3.8) is 0 Å². The van der Waals surface area contributed by atoms with Gasteiger partial charge in [0.2, 0.25) is 5.91 Å². The van der Waals surface area contributed by atoms with Crippen LogP contribution in [0, 0.1) is 0 Å². The fourth-order valence-corrected chi connectivity index (χ4v) is 2.28. The van der Waals surface area contributed by atoms with Crippen molar-refractivity contribution in [3.8, 4) is 0 Å². The van der Waals surface area contributed by atoms with Crippen molar-refractivity contribution in [1.29, 1.82) is 0 Å². The summed E-state index contributed by atoms with van der Waals surface area (Å²) in [7, 11) is 0. The first kappa shape index (κ1) is 11.1. The van der Waals surface area contributed by atoms with Crippen molar-refractivity contribution in [1.82, 2.24) is 0 Å². The minimum atomic E-state index is 0.124. The van der Waals surface area contributed by atoms with Crippen LogP contribution in [0.4, 0.5) is 5.69 Å². The normalized spacial score (nSPS) is 16.1. The van der Waals surface area contributed by atoms with Crippen LogP contribution in [0.2, 0.25) is 0 Å². The van der Waals surface area contributed by atoms with E-state index in [0.717, 1.165) is 25.1 Å². The molecule has 1 aromatic rings. The second-order valence-electron chi connectivity index (χ2n) is 4.57. The maximum Gasteiger partial charge on any atom is 0.223 e. The number of rotatable bonds is 2. The lowest BCUT2D eigenvalue weighted by Gasteiger charge is -2.15. The topological polar surface area (TPSA) is 46.3 Å². The number of nitrogens with two attached hydrogens (primary N) is 1. The van der Waals surface area contributed by atoms with E-state index in [4.69, 9.17) is 5.73 Å². The molecule has 0 fully saturated rings. The zero-order valence-electron chi connectivity index (χ0n) is 9.86. The van der Waals surface area contributed by atoms with Gasteiger partial charge in [0.05, 0.1) is 0 Å². The van der Waals surface area contributed by atoms with E-state index in [9.17, 15) is 4.79 Å². The molecule has 0 spiro atoms. The van der Waals surface area contributed by atoms with Gasteiger partial charge in [0, 0.05) is 25.2 Å². The monoisotopic (exact) mass is 218 g/mol. The van der Waals surface area contributed by atoms with E-state index in [0.29, 0.717) is 0 Å². The number of amides is 1. The number of carbonyl (C=O) groups excluding carboxylic acids is 1. The molecule has 1 heterocycles. The van der Waals surface area contributed by atoms with Gasteiger partial charge < -0.3 is 10.6 Å². The van der Waals surface area contributed by atoms with Gasteiger partial charge in [-0.05, 0) is 37.0 Å². The van der Waals surface area contributed by atoms with Crippen LogP contribution in [0.3, 0.4) is 0 Å². The second kappa shape index (κ2) is 4.26. The SMILES string of the molecule is CC(=O)N1CCc2cc(CC(C)N)ccc21. The lowest BCUT2D eigenvalue weighted by Crippen LogP contribution is -2.25.